The molecule has 0 saturated heterocycles. The highest BCUT2D eigenvalue weighted by Crippen LogP contribution is 2.01. The van der Waals surface area contributed by atoms with Gasteiger partial charge in [-0.1, -0.05) is 19.9 Å². The lowest BCUT2D eigenvalue weighted by Gasteiger charge is -2.20. The average Bonchev–Trinajstić information content (AvgIpc) is 2.73. The lowest BCUT2D eigenvalue weighted by atomic mass is 10.1. The van der Waals surface area contributed by atoms with Crippen molar-refractivity contribution in [2.75, 3.05) is 6.54 Å². The molecule has 6 nitrogen and oxygen atoms in total. The average molecular weight is 406 g/mol. The molecule has 0 aromatic carbocycles. The molecule has 0 aliphatic heterocycles. The number of nitrogens with one attached hydrogen (secondary N) is 2. The molecule has 0 radical (unpaired) electrons. The maximum Gasteiger partial charge on any atom is 0.192 e. The van der Waals surface area contributed by atoms with Gasteiger partial charge in [-0.25, -0.2) is 4.99 Å². The van der Waals surface area contributed by atoms with E-state index in [1.54, 1.807) is 0 Å². The molecule has 21 heavy (non-hydrogen) atoms. The van der Waals surface area contributed by atoms with Crippen LogP contribution in [0.2, 0.25) is 0 Å². The maximum atomic E-state index is 4.55. The van der Waals surface area contributed by atoms with E-state index >= 15 is 0 Å². The summed E-state index contributed by atoms with van der Waals surface area (Å²) in [5.41, 5.74) is 0. The highest BCUT2D eigenvalue weighted by molar-refractivity contribution is 14.0. The Hall–Kier alpha value is -1.12. The monoisotopic (exact) mass is 406 g/mol. The number of aliphatic imine (C=N–C) groups is 1. The summed E-state index contributed by atoms with van der Waals surface area (Å²) in [5, 5.41) is 14.7. The summed E-state index contributed by atoms with van der Waals surface area (Å²) in [4.78, 5) is 4.55. The SMILES string of the molecule is C=CCNC(=NCc1nnc(C)n1C)NC(C)C(C)C.I. The highest BCUT2D eigenvalue weighted by Gasteiger charge is 2.10. The van der Waals surface area contributed by atoms with E-state index in [1.807, 2.05) is 24.6 Å². The van der Waals surface area contributed by atoms with Gasteiger partial charge >= 0.3 is 0 Å². The Balaban J connectivity index is 0.00000400. The molecule has 0 aliphatic rings. The number of rotatable bonds is 6. The fourth-order valence-corrected chi connectivity index (χ4v) is 1.44. The van der Waals surface area contributed by atoms with Crippen LogP contribution in [-0.2, 0) is 13.6 Å². The van der Waals surface area contributed by atoms with Crippen molar-refractivity contribution >= 4 is 29.9 Å². The summed E-state index contributed by atoms with van der Waals surface area (Å²) in [5.74, 6) is 3.04. The molecule has 0 saturated carbocycles. The third-order valence-corrected chi connectivity index (χ3v) is 3.34. The fourth-order valence-electron chi connectivity index (χ4n) is 1.44. The van der Waals surface area contributed by atoms with Crippen LogP contribution in [0.15, 0.2) is 17.6 Å². The Morgan fingerprint density at radius 1 is 1.38 bits per heavy atom. The van der Waals surface area contributed by atoms with Crippen molar-refractivity contribution in [3.8, 4) is 0 Å². The van der Waals surface area contributed by atoms with Gasteiger partial charge in [0.1, 0.15) is 12.4 Å². The van der Waals surface area contributed by atoms with E-state index in [4.69, 9.17) is 0 Å². The van der Waals surface area contributed by atoms with Crippen molar-refractivity contribution in [1.29, 1.82) is 0 Å². The number of hydrogen-bond acceptors (Lipinski definition) is 3. The summed E-state index contributed by atoms with van der Waals surface area (Å²) in [6.45, 7) is 13.3. The molecule has 0 spiro atoms. The molecule has 7 heteroatoms. The molecular formula is C14H27IN6. The summed E-state index contributed by atoms with van der Waals surface area (Å²) in [7, 11) is 1.95. The van der Waals surface area contributed by atoms with Crippen LogP contribution < -0.4 is 10.6 Å². The van der Waals surface area contributed by atoms with E-state index in [1.165, 1.54) is 0 Å². The molecule has 0 aliphatic carbocycles. The number of aryl methyl sites for hydroxylation is 1. The molecule has 0 fully saturated rings. The third-order valence-electron chi connectivity index (χ3n) is 3.34. The highest BCUT2D eigenvalue weighted by atomic mass is 127. The van der Waals surface area contributed by atoms with Gasteiger partial charge in [-0.3, -0.25) is 0 Å². The Labute approximate surface area is 144 Å². The van der Waals surface area contributed by atoms with E-state index in [-0.39, 0.29) is 24.0 Å². The van der Waals surface area contributed by atoms with Gasteiger partial charge < -0.3 is 15.2 Å². The van der Waals surface area contributed by atoms with E-state index in [2.05, 4.69) is 53.2 Å². The van der Waals surface area contributed by atoms with Crippen LogP contribution in [0.1, 0.15) is 32.4 Å². The zero-order valence-corrected chi connectivity index (χ0v) is 15.9. The van der Waals surface area contributed by atoms with Crippen LogP contribution in [0, 0.1) is 12.8 Å². The number of halogens is 1. The van der Waals surface area contributed by atoms with E-state index in [0.717, 1.165) is 17.6 Å². The van der Waals surface area contributed by atoms with Gasteiger partial charge in [0.2, 0.25) is 0 Å². The van der Waals surface area contributed by atoms with Crippen LogP contribution in [0.25, 0.3) is 0 Å². The summed E-state index contributed by atoms with van der Waals surface area (Å²) in [6, 6.07) is 0.340. The van der Waals surface area contributed by atoms with Crippen LogP contribution >= 0.6 is 24.0 Å². The molecule has 0 bridgehead atoms. The van der Waals surface area contributed by atoms with Gasteiger partial charge in [0.15, 0.2) is 11.8 Å². The van der Waals surface area contributed by atoms with Gasteiger partial charge in [-0.2, -0.15) is 0 Å². The van der Waals surface area contributed by atoms with Crippen molar-refractivity contribution < 1.29 is 0 Å². The van der Waals surface area contributed by atoms with Crippen molar-refractivity contribution in [2.24, 2.45) is 18.0 Å². The first kappa shape index (κ1) is 19.9. The topological polar surface area (TPSA) is 67.1 Å². The molecule has 1 atom stereocenters. The molecule has 2 N–H and O–H groups in total. The first-order chi connectivity index (χ1) is 9.45. The molecule has 1 heterocycles. The summed E-state index contributed by atoms with van der Waals surface area (Å²) in [6.07, 6.45) is 1.81. The second-order valence-electron chi connectivity index (χ2n) is 5.23. The predicted molar refractivity (Wildman–Crippen MR) is 97.9 cm³/mol. The lowest BCUT2D eigenvalue weighted by molar-refractivity contribution is 0.481. The molecule has 1 aromatic heterocycles. The largest absolute Gasteiger partial charge is 0.354 e. The third kappa shape index (κ3) is 6.45. The molecule has 0 amide bonds. The zero-order chi connectivity index (χ0) is 15.1. The van der Waals surface area contributed by atoms with Crippen LogP contribution in [-0.4, -0.2) is 33.3 Å². The minimum atomic E-state index is 0. The number of guanidine groups is 1. The van der Waals surface area contributed by atoms with Crippen LogP contribution in [0.5, 0.6) is 0 Å². The lowest BCUT2D eigenvalue weighted by Crippen LogP contribution is -2.44. The Morgan fingerprint density at radius 3 is 2.52 bits per heavy atom. The summed E-state index contributed by atoms with van der Waals surface area (Å²) >= 11 is 0. The van der Waals surface area contributed by atoms with Gasteiger partial charge in [-0.15, -0.1) is 40.8 Å². The van der Waals surface area contributed by atoms with E-state index in [0.29, 0.717) is 25.0 Å². The summed E-state index contributed by atoms with van der Waals surface area (Å²) < 4.78 is 1.94. The Kier molecular flexibility index (Phi) is 9.23. The molecule has 1 aromatic rings. The van der Waals surface area contributed by atoms with Crippen molar-refractivity contribution in [2.45, 2.75) is 40.3 Å². The number of hydrogen-bond donors (Lipinski definition) is 2. The zero-order valence-electron chi connectivity index (χ0n) is 13.6. The molecule has 120 valence electrons. The molecule has 1 rings (SSSR count). The molecule has 1 unspecified atom stereocenters. The van der Waals surface area contributed by atoms with E-state index in [9.17, 15) is 0 Å². The number of aromatic nitrogens is 3. The second-order valence-corrected chi connectivity index (χ2v) is 5.23. The van der Waals surface area contributed by atoms with Crippen LogP contribution in [0.3, 0.4) is 0 Å². The van der Waals surface area contributed by atoms with Crippen molar-refractivity contribution in [3.05, 3.63) is 24.3 Å². The normalized spacial score (nSPS) is 12.8. The maximum absolute atomic E-state index is 4.55. The Bertz CT molecular complexity index is 466. The minimum absolute atomic E-state index is 0. The van der Waals surface area contributed by atoms with Gasteiger partial charge in [0, 0.05) is 19.6 Å². The minimum Gasteiger partial charge on any atom is -0.354 e. The van der Waals surface area contributed by atoms with Gasteiger partial charge in [0.25, 0.3) is 0 Å². The Morgan fingerprint density at radius 2 is 2.05 bits per heavy atom. The van der Waals surface area contributed by atoms with Gasteiger partial charge in [-0.05, 0) is 19.8 Å². The molecular weight excluding hydrogens is 379 g/mol. The van der Waals surface area contributed by atoms with Crippen molar-refractivity contribution in [1.82, 2.24) is 25.4 Å². The number of nitrogens with zero attached hydrogens (tertiary/aromatic N) is 4. The first-order valence-corrected chi connectivity index (χ1v) is 6.96. The van der Waals surface area contributed by atoms with Crippen molar-refractivity contribution in [3.63, 3.8) is 0 Å². The fraction of sp³-hybridized carbons (Fsp3) is 0.643. The standard InChI is InChI=1S/C14H26N6.HI/c1-7-8-15-14(17-11(4)10(2)3)16-9-13-19-18-12(5)20(13)6;/h7,10-11H,1,8-9H2,2-6H3,(H2,15,16,17);1H. The van der Waals surface area contributed by atoms with E-state index < -0.39 is 0 Å². The predicted octanol–water partition coefficient (Wildman–Crippen LogP) is 2.01. The second kappa shape index (κ2) is 9.75. The quantitative estimate of drug-likeness (QED) is 0.328. The smallest absolute Gasteiger partial charge is 0.192 e. The van der Waals surface area contributed by atoms with Gasteiger partial charge in [0.05, 0.1) is 0 Å². The first-order valence-electron chi connectivity index (χ1n) is 6.96. The van der Waals surface area contributed by atoms with Crippen LogP contribution in [0.4, 0.5) is 0 Å².